The van der Waals surface area contributed by atoms with Crippen molar-refractivity contribution in [2.24, 2.45) is 5.92 Å². The van der Waals surface area contributed by atoms with Gasteiger partial charge in [0.1, 0.15) is 0 Å². The number of pyridine rings is 1. The van der Waals surface area contributed by atoms with E-state index in [0.29, 0.717) is 30.9 Å². The van der Waals surface area contributed by atoms with Crippen LogP contribution < -0.4 is 5.32 Å². The summed E-state index contributed by atoms with van der Waals surface area (Å²) < 4.78 is 1.72. The largest absolute Gasteiger partial charge is 0.359 e. The number of nitrogens with one attached hydrogen (secondary N) is 1. The van der Waals surface area contributed by atoms with E-state index in [9.17, 15) is 9.59 Å². The summed E-state index contributed by atoms with van der Waals surface area (Å²) in [6.07, 6.45) is 5.64. The highest BCUT2D eigenvalue weighted by Gasteiger charge is 2.30. The van der Waals surface area contributed by atoms with Gasteiger partial charge in [-0.3, -0.25) is 9.59 Å². The lowest BCUT2D eigenvalue weighted by atomic mass is 9.96. The fraction of sp³-hybridized carbons (Fsp3) is 0.444. The van der Waals surface area contributed by atoms with Crippen molar-refractivity contribution in [2.45, 2.75) is 26.2 Å². The van der Waals surface area contributed by atoms with Gasteiger partial charge in [0, 0.05) is 26.3 Å². The summed E-state index contributed by atoms with van der Waals surface area (Å²) in [6.45, 7) is 3.12. The standard InChI is InChI=1S/C18H23N5O2/c1-3-15-14(11-21-23(15)16-8-4-5-9-20-16)18(25)22-10-6-7-13(12-22)17(24)19-2/h4-5,8-9,11,13H,3,6-7,10,12H2,1-2H3,(H,19,24). The molecular formula is C18H23N5O2. The van der Waals surface area contributed by atoms with Crippen LogP contribution in [-0.2, 0) is 11.2 Å². The molecule has 2 aromatic rings. The number of hydrogen-bond acceptors (Lipinski definition) is 4. The summed E-state index contributed by atoms with van der Waals surface area (Å²) in [5.74, 6) is 0.490. The van der Waals surface area contributed by atoms with Gasteiger partial charge in [0.2, 0.25) is 5.91 Å². The van der Waals surface area contributed by atoms with Crippen LogP contribution in [0.2, 0.25) is 0 Å². The Kier molecular flexibility index (Phi) is 5.11. The van der Waals surface area contributed by atoms with Crippen molar-refractivity contribution in [1.29, 1.82) is 0 Å². The van der Waals surface area contributed by atoms with Gasteiger partial charge >= 0.3 is 0 Å². The molecule has 2 amide bonds. The van der Waals surface area contributed by atoms with Crippen LogP contribution in [0.25, 0.3) is 5.82 Å². The molecule has 1 aliphatic rings. The second-order valence-corrected chi connectivity index (χ2v) is 6.16. The molecule has 3 rings (SSSR count). The zero-order valence-electron chi connectivity index (χ0n) is 14.6. The Balaban J connectivity index is 1.85. The van der Waals surface area contributed by atoms with Crippen LogP contribution >= 0.6 is 0 Å². The molecule has 1 unspecified atom stereocenters. The van der Waals surface area contributed by atoms with Crippen LogP contribution in [0.1, 0.15) is 35.8 Å². The Labute approximate surface area is 147 Å². The van der Waals surface area contributed by atoms with Gasteiger partial charge in [-0.1, -0.05) is 13.0 Å². The van der Waals surface area contributed by atoms with Crippen molar-refractivity contribution in [3.05, 3.63) is 41.9 Å². The molecule has 132 valence electrons. The summed E-state index contributed by atoms with van der Waals surface area (Å²) in [5, 5.41) is 7.05. The first kappa shape index (κ1) is 17.1. The fourth-order valence-corrected chi connectivity index (χ4v) is 3.32. The molecule has 7 heteroatoms. The number of carbonyl (C=O) groups is 2. The number of nitrogens with zero attached hydrogens (tertiary/aromatic N) is 4. The lowest BCUT2D eigenvalue weighted by molar-refractivity contribution is -0.125. The zero-order chi connectivity index (χ0) is 17.8. The highest BCUT2D eigenvalue weighted by Crippen LogP contribution is 2.21. The first-order valence-corrected chi connectivity index (χ1v) is 8.64. The maximum Gasteiger partial charge on any atom is 0.257 e. The molecule has 1 N–H and O–H groups in total. The molecule has 0 saturated carbocycles. The smallest absolute Gasteiger partial charge is 0.257 e. The van der Waals surface area contributed by atoms with Gasteiger partial charge in [-0.05, 0) is 31.4 Å². The topological polar surface area (TPSA) is 80.1 Å². The van der Waals surface area contributed by atoms with E-state index in [1.807, 2.05) is 25.1 Å². The van der Waals surface area contributed by atoms with E-state index in [1.165, 1.54) is 0 Å². The van der Waals surface area contributed by atoms with E-state index < -0.39 is 0 Å². The summed E-state index contributed by atoms with van der Waals surface area (Å²) in [4.78, 5) is 31.0. The Hall–Kier alpha value is -2.70. The highest BCUT2D eigenvalue weighted by atomic mass is 16.2. The number of likely N-dealkylation sites (tertiary alicyclic amines) is 1. The Morgan fingerprint density at radius 1 is 1.36 bits per heavy atom. The predicted octanol–water partition coefficient (Wildman–Crippen LogP) is 1.43. The molecule has 1 fully saturated rings. The average Bonchev–Trinajstić information content (AvgIpc) is 3.11. The van der Waals surface area contributed by atoms with E-state index in [1.54, 1.807) is 29.0 Å². The van der Waals surface area contributed by atoms with Gasteiger partial charge in [-0.25, -0.2) is 9.67 Å². The molecule has 7 nitrogen and oxygen atoms in total. The first-order valence-electron chi connectivity index (χ1n) is 8.64. The molecule has 3 heterocycles. The van der Waals surface area contributed by atoms with Crippen molar-refractivity contribution in [3.8, 4) is 5.82 Å². The highest BCUT2D eigenvalue weighted by molar-refractivity contribution is 5.95. The number of rotatable bonds is 4. The van der Waals surface area contributed by atoms with Gasteiger partial charge in [-0.15, -0.1) is 0 Å². The number of hydrogen-bond donors (Lipinski definition) is 1. The molecule has 1 atom stereocenters. The normalized spacial score (nSPS) is 17.4. The van der Waals surface area contributed by atoms with Crippen LogP contribution in [0.15, 0.2) is 30.6 Å². The Bertz CT molecular complexity index is 756. The van der Waals surface area contributed by atoms with Gasteiger partial charge in [0.05, 0.1) is 23.4 Å². The van der Waals surface area contributed by atoms with Gasteiger partial charge in [0.25, 0.3) is 5.91 Å². The fourth-order valence-electron chi connectivity index (χ4n) is 3.32. The minimum Gasteiger partial charge on any atom is -0.359 e. The Morgan fingerprint density at radius 2 is 2.20 bits per heavy atom. The molecule has 0 aliphatic carbocycles. The third kappa shape index (κ3) is 3.40. The van der Waals surface area contributed by atoms with E-state index in [-0.39, 0.29) is 17.7 Å². The van der Waals surface area contributed by atoms with Crippen LogP contribution in [0.4, 0.5) is 0 Å². The minimum atomic E-state index is -0.140. The van der Waals surface area contributed by atoms with Crippen molar-refractivity contribution in [1.82, 2.24) is 25.0 Å². The van der Waals surface area contributed by atoms with E-state index in [4.69, 9.17) is 0 Å². The van der Waals surface area contributed by atoms with E-state index in [2.05, 4.69) is 15.4 Å². The van der Waals surface area contributed by atoms with Crippen LogP contribution in [0.3, 0.4) is 0 Å². The number of piperidine rings is 1. The molecule has 0 radical (unpaired) electrons. The average molecular weight is 341 g/mol. The van der Waals surface area contributed by atoms with Crippen LogP contribution in [0.5, 0.6) is 0 Å². The molecule has 1 aliphatic heterocycles. The summed E-state index contributed by atoms with van der Waals surface area (Å²) in [7, 11) is 1.63. The van der Waals surface area contributed by atoms with E-state index >= 15 is 0 Å². The number of carbonyl (C=O) groups excluding carboxylic acids is 2. The monoisotopic (exact) mass is 341 g/mol. The van der Waals surface area contributed by atoms with Crippen LogP contribution in [-0.4, -0.2) is 51.6 Å². The zero-order valence-corrected chi connectivity index (χ0v) is 14.6. The number of aromatic nitrogens is 3. The van der Waals surface area contributed by atoms with Crippen molar-refractivity contribution >= 4 is 11.8 Å². The SMILES string of the molecule is CCc1c(C(=O)N2CCCC(C(=O)NC)C2)cnn1-c1ccccn1. The lowest BCUT2D eigenvalue weighted by Crippen LogP contribution is -2.45. The first-order chi connectivity index (χ1) is 12.2. The Morgan fingerprint density at radius 3 is 2.88 bits per heavy atom. The summed E-state index contributed by atoms with van der Waals surface area (Å²) in [6, 6.07) is 5.60. The second-order valence-electron chi connectivity index (χ2n) is 6.16. The molecule has 0 spiro atoms. The summed E-state index contributed by atoms with van der Waals surface area (Å²) >= 11 is 0. The molecule has 0 bridgehead atoms. The summed E-state index contributed by atoms with van der Waals surface area (Å²) in [5.41, 5.74) is 1.43. The molecular weight excluding hydrogens is 318 g/mol. The minimum absolute atomic E-state index is 0.00241. The molecule has 1 saturated heterocycles. The third-order valence-corrected chi connectivity index (χ3v) is 4.63. The molecule has 25 heavy (non-hydrogen) atoms. The second kappa shape index (κ2) is 7.46. The maximum absolute atomic E-state index is 13.0. The van der Waals surface area contributed by atoms with Crippen molar-refractivity contribution in [2.75, 3.05) is 20.1 Å². The quantitative estimate of drug-likeness (QED) is 0.912. The van der Waals surface area contributed by atoms with Gasteiger partial charge in [-0.2, -0.15) is 5.10 Å². The van der Waals surface area contributed by atoms with Gasteiger partial charge < -0.3 is 10.2 Å². The predicted molar refractivity (Wildman–Crippen MR) is 93.4 cm³/mol. The van der Waals surface area contributed by atoms with Crippen molar-refractivity contribution < 1.29 is 9.59 Å². The lowest BCUT2D eigenvalue weighted by Gasteiger charge is -2.31. The van der Waals surface area contributed by atoms with E-state index in [0.717, 1.165) is 18.5 Å². The van der Waals surface area contributed by atoms with Crippen molar-refractivity contribution in [3.63, 3.8) is 0 Å². The maximum atomic E-state index is 13.0. The molecule has 0 aromatic carbocycles. The number of amides is 2. The van der Waals surface area contributed by atoms with Gasteiger partial charge in [0.15, 0.2) is 5.82 Å². The molecule has 2 aromatic heterocycles. The third-order valence-electron chi connectivity index (χ3n) is 4.63. The van der Waals surface area contributed by atoms with Crippen LogP contribution in [0, 0.1) is 5.92 Å².